The molecule has 0 amide bonds. The lowest BCUT2D eigenvalue weighted by Crippen LogP contribution is -2.26. The van der Waals surface area contributed by atoms with Crippen LogP contribution in [0.2, 0.25) is 0 Å². The molecule has 0 aliphatic heterocycles. The van der Waals surface area contributed by atoms with Crippen LogP contribution in [0.25, 0.3) is 0 Å². The third kappa shape index (κ3) is 27.7. The molecule has 0 N–H and O–H groups in total. The second-order valence-corrected chi connectivity index (χ2v) is 9.76. The van der Waals surface area contributed by atoms with Crippen molar-refractivity contribution >= 4 is 0 Å². The smallest absolute Gasteiger partial charge is 0.104 e. The van der Waals surface area contributed by atoms with E-state index < -0.39 is 0 Å². The molecule has 0 saturated heterocycles. The summed E-state index contributed by atoms with van der Waals surface area (Å²) in [5.74, 6) is 0. The van der Waals surface area contributed by atoms with Crippen LogP contribution in [0.15, 0.2) is 12.7 Å². The van der Waals surface area contributed by atoms with Crippen molar-refractivity contribution in [2.45, 2.75) is 148 Å². The molecule has 3 heteroatoms. The summed E-state index contributed by atoms with van der Waals surface area (Å²) < 4.78 is 17.6. The number of hydrogen-bond acceptors (Lipinski definition) is 3. The summed E-state index contributed by atoms with van der Waals surface area (Å²) in [5.41, 5.74) is 0. The van der Waals surface area contributed by atoms with Crippen molar-refractivity contribution in [3.63, 3.8) is 0 Å². The highest BCUT2D eigenvalue weighted by molar-refractivity contribution is 4.65. The van der Waals surface area contributed by atoms with E-state index in [1.54, 1.807) is 6.08 Å². The van der Waals surface area contributed by atoms with E-state index >= 15 is 0 Å². The van der Waals surface area contributed by atoms with Crippen LogP contribution in [0.1, 0.15) is 142 Å². The topological polar surface area (TPSA) is 27.7 Å². The zero-order valence-corrected chi connectivity index (χ0v) is 22.8. The van der Waals surface area contributed by atoms with Gasteiger partial charge in [-0.25, -0.2) is 0 Å². The van der Waals surface area contributed by atoms with E-state index in [1.807, 2.05) is 0 Å². The molecule has 0 heterocycles. The summed E-state index contributed by atoms with van der Waals surface area (Å²) in [6.07, 6.45) is 28.9. The highest BCUT2D eigenvalue weighted by Crippen LogP contribution is 2.12. The first-order chi connectivity index (χ1) is 16.3. The van der Waals surface area contributed by atoms with Crippen molar-refractivity contribution in [3.05, 3.63) is 12.7 Å². The molecule has 0 spiro atoms. The number of rotatable bonds is 29. The Balaban J connectivity index is 3.59. The van der Waals surface area contributed by atoms with Crippen LogP contribution in [-0.2, 0) is 14.2 Å². The third-order valence-corrected chi connectivity index (χ3v) is 6.34. The quantitative estimate of drug-likeness (QED) is 0.0808. The summed E-state index contributed by atoms with van der Waals surface area (Å²) in [6.45, 7) is 11.8. The fourth-order valence-electron chi connectivity index (χ4n) is 4.17. The molecule has 0 saturated carbocycles. The van der Waals surface area contributed by atoms with Gasteiger partial charge in [0, 0.05) is 13.2 Å². The predicted octanol–water partition coefficient (Wildman–Crippen LogP) is 9.43. The van der Waals surface area contributed by atoms with Crippen molar-refractivity contribution < 1.29 is 14.2 Å². The highest BCUT2D eigenvalue weighted by Gasteiger charge is 2.09. The molecule has 0 aromatic rings. The summed E-state index contributed by atoms with van der Waals surface area (Å²) in [5, 5.41) is 0. The second kappa shape index (κ2) is 29.7. The molecular formula is C30H60O3. The molecule has 1 atom stereocenters. The molecule has 0 aromatic carbocycles. The molecule has 0 aliphatic carbocycles. The maximum atomic E-state index is 6.08. The van der Waals surface area contributed by atoms with Gasteiger partial charge in [-0.3, -0.25) is 0 Å². The molecule has 0 aromatic heterocycles. The lowest BCUT2D eigenvalue weighted by molar-refractivity contribution is -0.0573. The summed E-state index contributed by atoms with van der Waals surface area (Å²) in [7, 11) is 0. The van der Waals surface area contributed by atoms with Crippen LogP contribution in [0.5, 0.6) is 0 Å². The first-order valence-electron chi connectivity index (χ1n) is 14.7. The molecular weight excluding hydrogens is 408 g/mol. The minimum absolute atomic E-state index is 0.0478. The Morgan fingerprint density at radius 2 is 0.909 bits per heavy atom. The molecule has 1 unspecified atom stereocenters. The van der Waals surface area contributed by atoms with E-state index in [-0.39, 0.29) is 6.10 Å². The van der Waals surface area contributed by atoms with Crippen molar-refractivity contribution in [1.82, 2.24) is 0 Å². The van der Waals surface area contributed by atoms with Gasteiger partial charge in [0.2, 0.25) is 0 Å². The average molecular weight is 469 g/mol. The lowest BCUT2D eigenvalue weighted by Gasteiger charge is -2.18. The SMILES string of the molecule is C=CCOCC(COCCCCCCCCCCCC)OCCCCCCCCCCCC. The van der Waals surface area contributed by atoms with E-state index in [0.717, 1.165) is 26.1 Å². The maximum absolute atomic E-state index is 6.08. The van der Waals surface area contributed by atoms with Gasteiger partial charge >= 0.3 is 0 Å². The molecule has 0 aliphatic rings. The standard InChI is InChI=1S/C30H60O3/c1-4-7-9-11-13-15-17-19-21-23-26-32-29-30(28-31-25-6-3)33-27-24-22-20-18-16-14-12-10-8-5-2/h6,30H,3-5,7-29H2,1-2H3. The molecule has 198 valence electrons. The minimum atomic E-state index is 0.0478. The molecule has 33 heavy (non-hydrogen) atoms. The molecule has 0 rings (SSSR count). The Labute approximate surface area is 208 Å². The Hall–Kier alpha value is -0.380. The number of unbranched alkanes of at least 4 members (excludes halogenated alkanes) is 18. The summed E-state index contributed by atoms with van der Waals surface area (Å²) in [6, 6.07) is 0. The fourth-order valence-corrected chi connectivity index (χ4v) is 4.17. The average Bonchev–Trinajstić information content (AvgIpc) is 2.82. The van der Waals surface area contributed by atoms with E-state index in [9.17, 15) is 0 Å². The Morgan fingerprint density at radius 3 is 1.36 bits per heavy atom. The molecule has 0 radical (unpaired) electrons. The lowest BCUT2D eigenvalue weighted by atomic mass is 10.1. The molecule has 3 nitrogen and oxygen atoms in total. The predicted molar refractivity (Wildman–Crippen MR) is 145 cm³/mol. The van der Waals surface area contributed by atoms with Crippen molar-refractivity contribution in [3.8, 4) is 0 Å². The van der Waals surface area contributed by atoms with Crippen LogP contribution in [-0.4, -0.2) is 39.1 Å². The largest absolute Gasteiger partial charge is 0.379 e. The van der Waals surface area contributed by atoms with E-state index in [4.69, 9.17) is 14.2 Å². The van der Waals surface area contributed by atoms with Gasteiger partial charge in [-0.15, -0.1) is 6.58 Å². The first kappa shape index (κ1) is 32.6. The monoisotopic (exact) mass is 468 g/mol. The van der Waals surface area contributed by atoms with Gasteiger partial charge in [-0.1, -0.05) is 135 Å². The zero-order valence-electron chi connectivity index (χ0n) is 22.8. The second-order valence-electron chi connectivity index (χ2n) is 9.76. The van der Waals surface area contributed by atoms with E-state index in [1.165, 1.54) is 116 Å². The van der Waals surface area contributed by atoms with Crippen LogP contribution < -0.4 is 0 Å². The van der Waals surface area contributed by atoms with Gasteiger partial charge in [0.25, 0.3) is 0 Å². The zero-order chi connectivity index (χ0) is 24.1. The highest BCUT2D eigenvalue weighted by atomic mass is 16.6. The van der Waals surface area contributed by atoms with Crippen molar-refractivity contribution in [2.75, 3.05) is 33.0 Å². The number of hydrogen-bond donors (Lipinski definition) is 0. The maximum Gasteiger partial charge on any atom is 0.104 e. The van der Waals surface area contributed by atoms with Crippen LogP contribution >= 0.6 is 0 Å². The van der Waals surface area contributed by atoms with E-state index in [2.05, 4.69) is 20.4 Å². The van der Waals surface area contributed by atoms with Gasteiger partial charge < -0.3 is 14.2 Å². The van der Waals surface area contributed by atoms with Gasteiger partial charge in [-0.2, -0.15) is 0 Å². The van der Waals surface area contributed by atoms with Crippen LogP contribution in [0, 0.1) is 0 Å². The van der Waals surface area contributed by atoms with Crippen molar-refractivity contribution in [1.29, 1.82) is 0 Å². The molecule has 0 fully saturated rings. The first-order valence-corrected chi connectivity index (χ1v) is 14.7. The van der Waals surface area contributed by atoms with Gasteiger partial charge in [0.15, 0.2) is 0 Å². The van der Waals surface area contributed by atoms with Gasteiger partial charge in [0.1, 0.15) is 6.10 Å². The molecule has 0 bridgehead atoms. The van der Waals surface area contributed by atoms with Crippen LogP contribution in [0.4, 0.5) is 0 Å². The Morgan fingerprint density at radius 1 is 0.515 bits per heavy atom. The van der Waals surface area contributed by atoms with Crippen molar-refractivity contribution in [2.24, 2.45) is 0 Å². The Kier molecular flexibility index (Phi) is 29.3. The van der Waals surface area contributed by atoms with Crippen LogP contribution in [0.3, 0.4) is 0 Å². The minimum Gasteiger partial charge on any atom is -0.379 e. The third-order valence-electron chi connectivity index (χ3n) is 6.34. The number of ether oxygens (including phenoxy) is 3. The van der Waals surface area contributed by atoms with Gasteiger partial charge in [0.05, 0.1) is 19.8 Å². The van der Waals surface area contributed by atoms with Gasteiger partial charge in [-0.05, 0) is 12.8 Å². The summed E-state index contributed by atoms with van der Waals surface area (Å²) in [4.78, 5) is 0. The normalized spacial score (nSPS) is 12.3. The fraction of sp³-hybridized carbons (Fsp3) is 0.933. The Bertz CT molecular complexity index is 358. The summed E-state index contributed by atoms with van der Waals surface area (Å²) >= 11 is 0. The van der Waals surface area contributed by atoms with E-state index in [0.29, 0.717) is 19.8 Å².